The molecule has 5 aromatic rings. The van der Waals surface area contributed by atoms with E-state index in [1.165, 1.54) is 15.8 Å². The Hall–Kier alpha value is -3.43. The van der Waals surface area contributed by atoms with Crippen molar-refractivity contribution in [2.75, 3.05) is 4.90 Å². The van der Waals surface area contributed by atoms with Gasteiger partial charge in [-0.2, -0.15) is 0 Å². The fourth-order valence-corrected chi connectivity index (χ4v) is 4.49. The molecule has 0 bridgehead atoms. The molecule has 4 aromatic carbocycles. The minimum atomic E-state index is 1.08. The number of hydrogen-bond acceptors (Lipinski definition) is 3. The molecule has 29 heavy (non-hydrogen) atoms. The summed E-state index contributed by atoms with van der Waals surface area (Å²) < 4.78 is 1.24. The number of aromatic nitrogens is 1. The van der Waals surface area contributed by atoms with E-state index in [2.05, 4.69) is 108 Å². The normalized spacial score (nSPS) is 10.9. The molecular formula is C26H20N2S. The molecule has 0 unspecified atom stereocenters. The third-order valence-corrected chi connectivity index (χ3v) is 5.92. The molecule has 2 nitrogen and oxygen atoms in total. The van der Waals surface area contributed by atoms with Gasteiger partial charge in [-0.05, 0) is 66.6 Å². The fourth-order valence-electron chi connectivity index (χ4n) is 3.62. The predicted molar refractivity (Wildman–Crippen MR) is 124 cm³/mol. The molecule has 0 aliphatic carbocycles. The summed E-state index contributed by atoms with van der Waals surface area (Å²) in [5.41, 5.74) is 6.94. The van der Waals surface area contributed by atoms with Crippen LogP contribution in [0.15, 0.2) is 103 Å². The van der Waals surface area contributed by atoms with Crippen LogP contribution in [0.2, 0.25) is 0 Å². The van der Waals surface area contributed by atoms with Crippen molar-refractivity contribution in [3.05, 3.63) is 108 Å². The number of aryl methyl sites for hydroxylation is 1. The van der Waals surface area contributed by atoms with Gasteiger partial charge >= 0.3 is 0 Å². The van der Waals surface area contributed by atoms with E-state index in [1.54, 1.807) is 11.3 Å². The van der Waals surface area contributed by atoms with Crippen LogP contribution in [-0.2, 0) is 0 Å². The average Bonchev–Trinajstić information content (AvgIpc) is 3.15. The van der Waals surface area contributed by atoms with Crippen LogP contribution in [0.1, 0.15) is 5.01 Å². The van der Waals surface area contributed by atoms with Gasteiger partial charge in [-0.15, -0.1) is 11.3 Å². The summed E-state index contributed by atoms with van der Waals surface area (Å²) in [6.45, 7) is 2.06. The lowest BCUT2D eigenvalue weighted by atomic mass is 10.0. The maximum absolute atomic E-state index is 4.56. The first-order valence-electron chi connectivity index (χ1n) is 9.66. The van der Waals surface area contributed by atoms with Crippen LogP contribution >= 0.6 is 11.3 Å². The number of para-hydroxylation sites is 2. The average molecular weight is 393 g/mol. The largest absolute Gasteiger partial charge is 0.311 e. The first kappa shape index (κ1) is 17.7. The second-order valence-corrected chi connectivity index (χ2v) is 8.20. The molecular weight excluding hydrogens is 372 g/mol. The van der Waals surface area contributed by atoms with E-state index in [4.69, 9.17) is 0 Å². The Balaban J connectivity index is 1.54. The number of nitrogens with zero attached hydrogens (tertiary/aromatic N) is 2. The smallest absolute Gasteiger partial charge is 0.0907 e. The SMILES string of the molecule is Cc1nc2ccc(-c3ccc(N(c4ccccc4)c4ccccc4)cc3)cc2s1. The first-order valence-corrected chi connectivity index (χ1v) is 10.5. The van der Waals surface area contributed by atoms with Crippen molar-refractivity contribution in [2.45, 2.75) is 6.92 Å². The minimum absolute atomic E-state index is 1.08. The molecule has 1 aromatic heterocycles. The maximum atomic E-state index is 4.56. The molecule has 0 spiro atoms. The van der Waals surface area contributed by atoms with Crippen LogP contribution in [0, 0.1) is 6.92 Å². The van der Waals surface area contributed by atoms with Crippen molar-refractivity contribution in [1.29, 1.82) is 0 Å². The third-order valence-electron chi connectivity index (χ3n) is 4.98. The van der Waals surface area contributed by atoms with Crippen LogP contribution in [0.4, 0.5) is 17.1 Å². The van der Waals surface area contributed by atoms with Gasteiger partial charge in [0.15, 0.2) is 0 Å². The lowest BCUT2D eigenvalue weighted by Gasteiger charge is -2.25. The highest BCUT2D eigenvalue weighted by molar-refractivity contribution is 7.18. The molecule has 5 rings (SSSR count). The van der Waals surface area contributed by atoms with E-state index < -0.39 is 0 Å². The summed E-state index contributed by atoms with van der Waals surface area (Å²) in [7, 11) is 0. The van der Waals surface area contributed by atoms with Crippen LogP contribution in [0.25, 0.3) is 21.3 Å². The molecule has 0 amide bonds. The Morgan fingerprint density at radius 1 is 0.621 bits per heavy atom. The Morgan fingerprint density at radius 2 is 1.17 bits per heavy atom. The van der Waals surface area contributed by atoms with Crippen LogP contribution < -0.4 is 4.90 Å². The minimum Gasteiger partial charge on any atom is -0.311 e. The molecule has 0 N–H and O–H groups in total. The molecule has 0 aliphatic rings. The molecule has 0 saturated carbocycles. The van der Waals surface area contributed by atoms with Crippen molar-refractivity contribution < 1.29 is 0 Å². The van der Waals surface area contributed by atoms with Gasteiger partial charge in [0.25, 0.3) is 0 Å². The van der Waals surface area contributed by atoms with Gasteiger partial charge in [0.1, 0.15) is 0 Å². The summed E-state index contributed by atoms with van der Waals surface area (Å²) >= 11 is 1.74. The fraction of sp³-hybridized carbons (Fsp3) is 0.0385. The monoisotopic (exact) mass is 392 g/mol. The number of rotatable bonds is 4. The molecule has 3 heteroatoms. The quantitative estimate of drug-likeness (QED) is 0.311. The summed E-state index contributed by atoms with van der Waals surface area (Å²) in [6, 6.07) is 36.2. The number of thiazole rings is 1. The van der Waals surface area contributed by atoms with Gasteiger partial charge < -0.3 is 4.90 Å². The molecule has 0 aliphatic heterocycles. The molecule has 140 valence electrons. The summed E-state index contributed by atoms with van der Waals surface area (Å²) in [5, 5.41) is 1.11. The van der Waals surface area contributed by atoms with E-state index in [0.717, 1.165) is 27.6 Å². The maximum Gasteiger partial charge on any atom is 0.0907 e. The number of hydrogen-bond donors (Lipinski definition) is 0. The Bertz CT molecular complexity index is 1200. The van der Waals surface area contributed by atoms with Crippen molar-refractivity contribution in [1.82, 2.24) is 4.98 Å². The highest BCUT2D eigenvalue weighted by atomic mass is 32.1. The van der Waals surface area contributed by atoms with E-state index in [1.807, 2.05) is 12.1 Å². The van der Waals surface area contributed by atoms with Crippen LogP contribution in [0.5, 0.6) is 0 Å². The van der Waals surface area contributed by atoms with E-state index in [9.17, 15) is 0 Å². The van der Waals surface area contributed by atoms with Crippen LogP contribution in [0.3, 0.4) is 0 Å². The second-order valence-electron chi connectivity index (χ2n) is 6.97. The van der Waals surface area contributed by atoms with Gasteiger partial charge in [0, 0.05) is 17.1 Å². The second kappa shape index (κ2) is 7.53. The van der Waals surface area contributed by atoms with Gasteiger partial charge in [0.2, 0.25) is 0 Å². The molecule has 0 atom stereocenters. The zero-order valence-electron chi connectivity index (χ0n) is 16.1. The van der Waals surface area contributed by atoms with E-state index in [-0.39, 0.29) is 0 Å². The third kappa shape index (κ3) is 3.53. The van der Waals surface area contributed by atoms with Crippen molar-refractivity contribution in [3.63, 3.8) is 0 Å². The lowest BCUT2D eigenvalue weighted by Crippen LogP contribution is -2.09. The topological polar surface area (TPSA) is 16.1 Å². The first-order chi connectivity index (χ1) is 14.3. The highest BCUT2D eigenvalue weighted by Gasteiger charge is 2.12. The zero-order chi connectivity index (χ0) is 19.6. The Morgan fingerprint density at radius 3 is 1.79 bits per heavy atom. The van der Waals surface area contributed by atoms with Crippen molar-refractivity contribution in [3.8, 4) is 11.1 Å². The summed E-state index contributed by atoms with van der Waals surface area (Å²) in [5.74, 6) is 0. The van der Waals surface area contributed by atoms with Gasteiger partial charge in [0.05, 0.1) is 15.2 Å². The van der Waals surface area contributed by atoms with Crippen molar-refractivity contribution >= 4 is 38.6 Å². The van der Waals surface area contributed by atoms with Gasteiger partial charge in [-0.1, -0.05) is 54.6 Å². The zero-order valence-corrected chi connectivity index (χ0v) is 16.9. The molecule has 0 radical (unpaired) electrons. The number of fused-ring (bicyclic) bond motifs is 1. The molecule has 1 heterocycles. The van der Waals surface area contributed by atoms with Gasteiger partial charge in [-0.25, -0.2) is 4.98 Å². The Kier molecular flexibility index (Phi) is 4.59. The standard InChI is InChI=1S/C26H20N2S/c1-19-27-25-17-14-21(18-26(25)29-19)20-12-15-24(16-13-20)28(22-8-4-2-5-9-22)23-10-6-3-7-11-23/h2-18H,1H3. The van der Waals surface area contributed by atoms with Gasteiger partial charge in [-0.3, -0.25) is 0 Å². The predicted octanol–water partition coefficient (Wildman–Crippen LogP) is 7.74. The summed E-state index contributed by atoms with van der Waals surface area (Å²) in [4.78, 5) is 6.84. The molecule has 0 fully saturated rings. The molecule has 0 saturated heterocycles. The van der Waals surface area contributed by atoms with Crippen LogP contribution in [-0.4, -0.2) is 4.98 Å². The highest BCUT2D eigenvalue weighted by Crippen LogP contribution is 2.35. The van der Waals surface area contributed by atoms with Crippen molar-refractivity contribution in [2.24, 2.45) is 0 Å². The number of anilines is 3. The van der Waals surface area contributed by atoms with E-state index in [0.29, 0.717) is 0 Å². The lowest BCUT2D eigenvalue weighted by molar-refractivity contribution is 1.28. The summed E-state index contributed by atoms with van der Waals surface area (Å²) in [6.07, 6.45) is 0. The van der Waals surface area contributed by atoms with E-state index >= 15 is 0 Å². The Labute approximate surface area is 174 Å². The number of benzene rings is 4.